The molecule has 1 aliphatic rings. The van der Waals surface area contributed by atoms with Crippen molar-refractivity contribution in [1.29, 1.82) is 0 Å². The van der Waals surface area contributed by atoms with E-state index in [0.29, 0.717) is 5.02 Å². The van der Waals surface area contributed by atoms with E-state index in [9.17, 15) is 23.5 Å². The lowest BCUT2D eigenvalue weighted by Crippen LogP contribution is -2.43. The molecule has 0 bridgehead atoms. The molecule has 13 heteroatoms. The van der Waals surface area contributed by atoms with Crippen molar-refractivity contribution >= 4 is 34.7 Å². The molecule has 2 N–H and O–H groups in total. The smallest absolute Gasteiger partial charge is 0.332 e. The number of alkyl halides is 2. The number of benzene rings is 2. The van der Waals surface area contributed by atoms with Crippen LogP contribution in [0.25, 0.3) is 0 Å². The molecule has 0 fully saturated rings. The summed E-state index contributed by atoms with van der Waals surface area (Å²) in [5.74, 6) is -2.67. The molecule has 0 saturated carbocycles. The van der Waals surface area contributed by atoms with Gasteiger partial charge < -0.3 is 24.8 Å². The predicted octanol–water partition coefficient (Wildman–Crippen LogP) is 3.77. The van der Waals surface area contributed by atoms with E-state index >= 15 is 0 Å². The first-order valence-electron chi connectivity index (χ1n) is 11.7. The fourth-order valence-corrected chi connectivity index (χ4v) is 4.52. The van der Waals surface area contributed by atoms with E-state index < -0.39 is 23.5 Å². The van der Waals surface area contributed by atoms with Crippen molar-refractivity contribution < 1.29 is 23.4 Å². The molecule has 204 valence electrons. The molecule has 0 aliphatic carbocycles. The summed E-state index contributed by atoms with van der Waals surface area (Å²) in [5, 5.41) is 12.9. The Kier molecular flexibility index (Phi) is 8.31. The lowest BCUT2D eigenvalue weighted by Gasteiger charge is -2.26. The topological polar surface area (TPSA) is 98.0 Å². The third-order valence-corrected chi connectivity index (χ3v) is 6.57. The van der Waals surface area contributed by atoms with Gasteiger partial charge in [0.05, 0.1) is 19.8 Å². The number of aliphatic hydroxyl groups is 1. The minimum absolute atomic E-state index is 0.00729. The fraction of sp³-hybridized carbons (Fsp3) is 0.360. The summed E-state index contributed by atoms with van der Waals surface area (Å²) in [4.78, 5) is 27.6. The maximum absolute atomic E-state index is 13.8. The minimum Gasteiger partial charge on any atom is -0.491 e. The van der Waals surface area contributed by atoms with E-state index in [1.54, 1.807) is 29.2 Å². The van der Waals surface area contributed by atoms with Crippen molar-refractivity contribution in [3.05, 3.63) is 84.5 Å². The summed E-state index contributed by atoms with van der Waals surface area (Å²) in [6, 6.07) is 11.0. The van der Waals surface area contributed by atoms with Crippen LogP contribution in [0.2, 0.25) is 10.0 Å². The third kappa shape index (κ3) is 5.80. The van der Waals surface area contributed by atoms with Crippen LogP contribution in [0.1, 0.15) is 18.1 Å². The molecule has 1 atom stereocenters. The first kappa shape index (κ1) is 27.9. The number of anilines is 2. The van der Waals surface area contributed by atoms with Crippen LogP contribution in [0.15, 0.2) is 52.1 Å². The number of rotatable bonds is 10. The Morgan fingerprint density at radius 2 is 1.82 bits per heavy atom. The highest BCUT2D eigenvalue weighted by Gasteiger charge is 2.35. The van der Waals surface area contributed by atoms with Gasteiger partial charge in [-0.05, 0) is 35.9 Å². The summed E-state index contributed by atoms with van der Waals surface area (Å²) in [6.07, 6.45) is -0.853. The number of nitrogens with zero attached hydrogens (tertiary/aromatic N) is 3. The van der Waals surface area contributed by atoms with Crippen LogP contribution < -0.4 is 26.2 Å². The predicted molar refractivity (Wildman–Crippen MR) is 141 cm³/mol. The second-order valence-corrected chi connectivity index (χ2v) is 9.56. The lowest BCUT2D eigenvalue weighted by atomic mass is 10.1. The van der Waals surface area contributed by atoms with E-state index in [4.69, 9.17) is 32.7 Å². The molecule has 0 spiro atoms. The highest BCUT2D eigenvalue weighted by atomic mass is 35.5. The number of aliphatic hydroxyl groups excluding tert-OH is 1. The van der Waals surface area contributed by atoms with E-state index in [1.165, 1.54) is 29.8 Å². The first-order valence-corrected chi connectivity index (χ1v) is 12.4. The van der Waals surface area contributed by atoms with Crippen molar-refractivity contribution in [3.8, 4) is 5.75 Å². The molecule has 0 saturated heterocycles. The zero-order valence-corrected chi connectivity index (χ0v) is 22.1. The van der Waals surface area contributed by atoms with Gasteiger partial charge in [-0.2, -0.15) is 0 Å². The number of fused-ring (bicyclic) bond motifs is 1. The molecular weight excluding hydrogens is 545 g/mol. The van der Waals surface area contributed by atoms with Crippen molar-refractivity contribution in [1.82, 2.24) is 9.13 Å². The molecule has 0 amide bonds. The van der Waals surface area contributed by atoms with Crippen LogP contribution in [-0.2, 0) is 30.8 Å². The van der Waals surface area contributed by atoms with Gasteiger partial charge in [-0.3, -0.25) is 13.9 Å². The normalized spacial score (nSPS) is 14.9. The lowest BCUT2D eigenvalue weighted by molar-refractivity contribution is 0.0171. The van der Waals surface area contributed by atoms with Crippen LogP contribution in [0, 0.1) is 0 Å². The van der Waals surface area contributed by atoms with Crippen molar-refractivity contribution in [2.75, 3.05) is 30.0 Å². The first-order chi connectivity index (χ1) is 18.0. The van der Waals surface area contributed by atoms with Crippen LogP contribution in [0.4, 0.5) is 20.3 Å². The zero-order valence-electron chi connectivity index (χ0n) is 20.6. The van der Waals surface area contributed by atoms with E-state index in [-0.39, 0.29) is 60.8 Å². The minimum atomic E-state index is -3.13. The second kappa shape index (κ2) is 11.3. The fourth-order valence-electron chi connectivity index (χ4n) is 4.11. The van der Waals surface area contributed by atoms with Gasteiger partial charge in [0.25, 0.3) is 11.5 Å². The monoisotopic (exact) mass is 570 g/mol. The molecule has 2 heterocycles. The molecule has 4 rings (SSSR count). The van der Waals surface area contributed by atoms with Crippen molar-refractivity contribution in [2.24, 2.45) is 7.05 Å². The Hall–Kier alpha value is -3.12. The van der Waals surface area contributed by atoms with Crippen LogP contribution in [-0.4, -0.2) is 40.4 Å². The summed E-state index contributed by atoms with van der Waals surface area (Å²) in [7, 11) is 1.51. The van der Waals surface area contributed by atoms with Gasteiger partial charge in [-0.15, -0.1) is 0 Å². The van der Waals surface area contributed by atoms with Crippen LogP contribution >= 0.6 is 23.2 Å². The summed E-state index contributed by atoms with van der Waals surface area (Å²) >= 11 is 11.9. The maximum Gasteiger partial charge on any atom is 0.332 e. The van der Waals surface area contributed by atoms with Crippen molar-refractivity contribution in [3.63, 3.8) is 0 Å². The highest BCUT2D eigenvalue weighted by Crippen LogP contribution is 2.35. The van der Waals surface area contributed by atoms with E-state index in [2.05, 4.69) is 5.32 Å². The van der Waals surface area contributed by atoms with Crippen LogP contribution in [0.5, 0.6) is 5.75 Å². The molecule has 1 aromatic heterocycles. The van der Waals surface area contributed by atoms with E-state index in [0.717, 1.165) is 17.1 Å². The Morgan fingerprint density at radius 3 is 2.47 bits per heavy atom. The van der Waals surface area contributed by atoms with Gasteiger partial charge in [0.15, 0.2) is 0 Å². The number of ether oxygens (including phenoxy) is 2. The van der Waals surface area contributed by atoms with Crippen molar-refractivity contribution in [2.45, 2.75) is 32.3 Å². The molecule has 1 unspecified atom stereocenters. The molecule has 3 aromatic rings. The standard InChI is InChI=1S/C25H26Cl2F2N4O5/c1-25(28,29)18-13-17(7-8-19(18)27)37-11-12-38-23-30-21-20(22(35)32(9-10-34)24(36)31(21)2)33(23)14-15-3-5-16(26)6-4-15/h3-8,13,23,30,34H,9-12,14H2,1-2H3. The molecule has 2 aromatic carbocycles. The third-order valence-electron chi connectivity index (χ3n) is 5.98. The molecule has 9 nitrogen and oxygen atoms in total. The van der Waals surface area contributed by atoms with Crippen LogP contribution in [0.3, 0.4) is 0 Å². The summed E-state index contributed by atoms with van der Waals surface area (Å²) in [6.45, 7) is 0.470. The number of halogens is 4. The zero-order chi connectivity index (χ0) is 27.6. The number of nitrogens with one attached hydrogen (secondary N) is 1. The molecule has 38 heavy (non-hydrogen) atoms. The van der Waals surface area contributed by atoms with E-state index in [1.807, 2.05) is 0 Å². The highest BCUT2D eigenvalue weighted by molar-refractivity contribution is 6.31. The Morgan fingerprint density at radius 1 is 1.11 bits per heavy atom. The average Bonchev–Trinajstić information content (AvgIpc) is 3.23. The number of hydrogen-bond donors (Lipinski definition) is 2. The average molecular weight is 571 g/mol. The molecular formula is C25H26Cl2F2N4O5. The Balaban J connectivity index is 1.55. The number of aromatic nitrogens is 2. The SMILES string of the molecule is Cn1c2c(c(=O)n(CCO)c1=O)N(Cc1ccc(Cl)cc1)C(OCCOc1ccc(Cl)c(C(C)(F)F)c1)N2. The quantitative estimate of drug-likeness (QED) is 0.358. The van der Waals surface area contributed by atoms with Gasteiger partial charge >= 0.3 is 5.69 Å². The molecule has 1 aliphatic heterocycles. The Labute approximate surface area is 226 Å². The number of hydrogen-bond acceptors (Lipinski definition) is 7. The second-order valence-electron chi connectivity index (χ2n) is 8.72. The van der Waals surface area contributed by atoms with Gasteiger partial charge in [0.2, 0.25) is 6.35 Å². The van der Waals surface area contributed by atoms with Gasteiger partial charge in [0.1, 0.15) is 23.9 Å². The van der Waals surface area contributed by atoms with Gasteiger partial charge in [-0.25, -0.2) is 13.6 Å². The summed E-state index contributed by atoms with van der Waals surface area (Å²) in [5.41, 5.74) is -0.481. The van der Waals surface area contributed by atoms with Gasteiger partial charge in [0, 0.05) is 36.1 Å². The maximum atomic E-state index is 13.8. The Bertz CT molecular complexity index is 1420. The van der Waals surface area contributed by atoms with Gasteiger partial charge in [-0.1, -0.05) is 35.3 Å². The molecule has 0 radical (unpaired) electrons. The summed E-state index contributed by atoms with van der Waals surface area (Å²) < 4.78 is 41.4. The largest absolute Gasteiger partial charge is 0.491 e.